The van der Waals surface area contributed by atoms with Crippen molar-refractivity contribution < 1.29 is 0 Å². The average Bonchev–Trinajstić information content (AvgIpc) is 2.25. The lowest BCUT2D eigenvalue weighted by Gasteiger charge is -2.13. The van der Waals surface area contributed by atoms with Crippen LogP contribution >= 0.6 is 11.8 Å². The Morgan fingerprint density at radius 3 is 2.43 bits per heavy atom. The van der Waals surface area contributed by atoms with Gasteiger partial charge in [0.1, 0.15) is 0 Å². The van der Waals surface area contributed by atoms with E-state index in [9.17, 15) is 0 Å². The van der Waals surface area contributed by atoms with Crippen LogP contribution in [-0.4, -0.2) is 5.75 Å². The first kappa shape index (κ1) is 11.1. The molecule has 1 unspecified atom stereocenters. The molecule has 1 rings (SSSR count). The number of hydrogen-bond acceptors (Lipinski definition) is 1. The van der Waals surface area contributed by atoms with Gasteiger partial charge >= 0.3 is 0 Å². The van der Waals surface area contributed by atoms with E-state index in [1.807, 2.05) is 30.0 Å². The Kier molecular flexibility index (Phi) is 5.16. The molecule has 0 saturated carbocycles. The van der Waals surface area contributed by atoms with E-state index in [1.165, 1.54) is 5.56 Å². The van der Waals surface area contributed by atoms with Crippen molar-refractivity contribution in [2.24, 2.45) is 0 Å². The van der Waals surface area contributed by atoms with Crippen LogP contribution in [0, 0.1) is 0 Å². The van der Waals surface area contributed by atoms with Crippen LogP contribution in [0.5, 0.6) is 0 Å². The fraction of sp³-hybridized carbons (Fsp3) is 0.231. The highest BCUT2D eigenvalue weighted by atomic mass is 32.2. The second kappa shape index (κ2) is 6.50. The van der Waals surface area contributed by atoms with Crippen LogP contribution in [0.2, 0.25) is 0 Å². The van der Waals surface area contributed by atoms with Gasteiger partial charge in [0, 0.05) is 11.0 Å². The summed E-state index contributed by atoms with van der Waals surface area (Å²) >= 11 is 1.91. The molecule has 0 heterocycles. The molecule has 0 N–H and O–H groups in total. The Hall–Kier alpha value is -0.950. The first-order chi connectivity index (χ1) is 6.88. The molecule has 1 aromatic rings. The molecule has 1 heteroatoms. The van der Waals surface area contributed by atoms with Gasteiger partial charge in [-0.3, -0.25) is 0 Å². The standard InChI is InChI=1S/C13H16S/c1-3-8-13(14-11-4-2)12-9-6-5-7-10-12/h3-7,9-10,13H,1-2,8,11H2. The van der Waals surface area contributed by atoms with E-state index < -0.39 is 0 Å². The van der Waals surface area contributed by atoms with Crippen LogP contribution < -0.4 is 0 Å². The summed E-state index contributed by atoms with van der Waals surface area (Å²) in [6.07, 6.45) is 4.94. The summed E-state index contributed by atoms with van der Waals surface area (Å²) < 4.78 is 0. The van der Waals surface area contributed by atoms with Gasteiger partial charge in [0.25, 0.3) is 0 Å². The fourth-order valence-electron chi connectivity index (χ4n) is 1.30. The van der Waals surface area contributed by atoms with E-state index in [-0.39, 0.29) is 0 Å². The van der Waals surface area contributed by atoms with Gasteiger partial charge in [-0.25, -0.2) is 0 Å². The third-order valence-corrected chi connectivity index (χ3v) is 3.26. The molecule has 0 aromatic heterocycles. The van der Waals surface area contributed by atoms with Crippen LogP contribution in [-0.2, 0) is 0 Å². The predicted octanol–water partition coefficient (Wildman–Crippen LogP) is 4.22. The van der Waals surface area contributed by atoms with E-state index in [0.717, 1.165) is 12.2 Å². The Labute approximate surface area is 90.7 Å². The van der Waals surface area contributed by atoms with Gasteiger partial charge in [-0.05, 0) is 12.0 Å². The van der Waals surface area contributed by atoms with Gasteiger partial charge in [-0.15, -0.1) is 24.9 Å². The summed E-state index contributed by atoms with van der Waals surface area (Å²) in [5.41, 5.74) is 1.37. The molecule has 0 bridgehead atoms. The third kappa shape index (κ3) is 3.43. The zero-order valence-electron chi connectivity index (χ0n) is 8.36. The molecule has 0 nitrogen and oxygen atoms in total. The molecule has 0 fully saturated rings. The maximum Gasteiger partial charge on any atom is 0.0334 e. The molecule has 74 valence electrons. The molecule has 0 spiro atoms. The minimum atomic E-state index is 0.520. The molecular weight excluding hydrogens is 188 g/mol. The third-order valence-electron chi connectivity index (χ3n) is 1.97. The summed E-state index contributed by atoms with van der Waals surface area (Å²) in [4.78, 5) is 0. The average molecular weight is 204 g/mol. The molecule has 0 amide bonds. The fourth-order valence-corrected chi connectivity index (χ4v) is 2.29. The largest absolute Gasteiger partial charge is 0.149 e. The van der Waals surface area contributed by atoms with E-state index in [0.29, 0.717) is 5.25 Å². The molecule has 0 aliphatic carbocycles. The van der Waals surface area contributed by atoms with Crippen molar-refractivity contribution in [2.45, 2.75) is 11.7 Å². The smallest absolute Gasteiger partial charge is 0.0334 e. The first-order valence-electron chi connectivity index (χ1n) is 4.76. The van der Waals surface area contributed by atoms with E-state index in [4.69, 9.17) is 0 Å². The minimum Gasteiger partial charge on any atom is -0.149 e. The molecule has 0 saturated heterocycles. The zero-order chi connectivity index (χ0) is 10.2. The zero-order valence-corrected chi connectivity index (χ0v) is 9.17. The predicted molar refractivity (Wildman–Crippen MR) is 66.7 cm³/mol. The lowest BCUT2D eigenvalue weighted by Crippen LogP contribution is -1.92. The van der Waals surface area contributed by atoms with Gasteiger partial charge in [0.2, 0.25) is 0 Å². The molecule has 1 aromatic carbocycles. The minimum absolute atomic E-state index is 0.520. The molecule has 0 radical (unpaired) electrons. The van der Waals surface area contributed by atoms with Crippen molar-refractivity contribution in [2.75, 3.05) is 5.75 Å². The number of rotatable bonds is 6. The quantitative estimate of drug-likeness (QED) is 0.625. The first-order valence-corrected chi connectivity index (χ1v) is 5.81. The molecular formula is C13H16S. The van der Waals surface area contributed by atoms with E-state index in [1.54, 1.807) is 0 Å². The Balaban J connectivity index is 2.66. The van der Waals surface area contributed by atoms with Crippen LogP contribution in [0.4, 0.5) is 0 Å². The monoisotopic (exact) mass is 204 g/mol. The highest BCUT2D eigenvalue weighted by Gasteiger charge is 2.08. The molecule has 14 heavy (non-hydrogen) atoms. The van der Waals surface area contributed by atoms with Crippen LogP contribution in [0.1, 0.15) is 17.2 Å². The van der Waals surface area contributed by atoms with Gasteiger partial charge in [0.05, 0.1) is 0 Å². The number of hydrogen-bond donors (Lipinski definition) is 0. The summed E-state index contributed by atoms with van der Waals surface area (Å²) in [7, 11) is 0. The van der Waals surface area contributed by atoms with Crippen LogP contribution in [0.15, 0.2) is 55.6 Å². The van der Waals surface area contributed by atoms with Gasteiger partial charge in [-0.1, -0.05) is 42.5 Å². The number of benzene rings is 1. The summed E-state index contributed by atoms with van der Waals surface area (Å²) in [5, 5.41) is 0.520. The lowest BCUT2D eigenvalue weighted by atomic mass is 10.1. The van der Waals surface area contributed by atoms with Crippen molar-refractivity contribution in [3.8, 4) is 0 Å². The summed E-state index contributed by atoms with van der Waals surface area (Å²) in [6.45, 7) is 7.53. The summed E-state index contributed by atoms with van der Waals surface area (Å²) in [6, 6.07) is 10.6. The molecule has 1 atom stereocenters. The maximum absolute atomic E-state index is 3.79. The molecule has 0 aliphatic heterocycles. The van der Waals surface area contributed by atoms with Crippen molar-refractivity contribution >= 4 is 11.8 Å². The Morgan fingerprint density at radius 1 is 1.14 bits per heavy atom. The second-order valence-electron chi connectivity index (χ2n) is 3.05. The second-order valence-corrected chi connectivity index (χ2v) is 4.28. The van der Waals surface area contributed by atoms with E-state index in [2.05, 4.69) is 37.4 Å². The van der Waals surface area contributed by atoms with Gasteiger partial charge < -0.3 is 0 Å². The molecule has 0 aliphatic rings. The van der Waals surface area contributed by atoms with E-state index >= 15 is 0 Å². The maximum atomic E-state index is 3.79. The van der Waals surface area contributed by atoms with Gasteiger partial charge in [-0.2, -0.15) is 0 Å². The SMILES string of the molecule is C=CCSC(CC=C)c1ccccc1. The number of allylic oxidation sites excluding steroid dienone is 1. The highest BCUT2D eigenvalue weighted by molar-refractivity contribution is 7.99. The number of thioether (sulfide) groups is 1. The van der Waals surface area contributed by atoms with Crippen LogP contribution in [0.25, 0.3) is 0 Å². The van der Waals surface area contributed by atoms with Crippen LogP contribution in [0.3, 0.4) is 0 Å². The van der Waals surface area contributed by atoms with Crippen molar-refractivity contribution in [1.82, 2.24) is 0 Å². The topological polar surface area (TPSA) is 0 Å². The van der Waals surface area contributed by atoms with Gasteiger partial charge in [0.15, 0.2) is 0 Å². The highest BCUT2D eigenvalue weighted by Crippen LogP contribution is 2.31. The lowest BCUT2D eigenvalue weighted by molar-refractivity contribution is 0.973. The van der Waals surface area contributed by atoms with Crippen molar-refractivity contribution in [3.05, 3.63) is 61.2 Å². The Bertz CT molecular complexity index is 277. The normalized spacial score (nSPS) is 12.0. The summed E-state index contributed by atoms with van der Waals surface area (Å²) in [5.74, 6) is 0.993. The Morgan fingerprint density at radius 2 is 1.86 bits per heavy atom. The van der Waals surface area contributed by atoms with Crippen molar-refractivity contribution in [3.63, 3.8) is 0 Å². The van der Waals surface area contributed by atoms with Crippen molar-refractivity contribution in [1.29, 1.82) is 0 Å².